The van der Waals surface area contributed by atoms with Crippen molar-refractivity contribution in [2.75, 3.05) is 13.2 Å². The molecule has 1 aliphatic heterocycles. The van der Waals surface area contributed by atoms with E-state index in [0.717, 1.165) is 36.9 Å². The molecule has 1 heterocycles. The first kappa shape index (κ1) is 11.7. The highest BCUT2D eigenvalue weighted by Gasteiger charge is 2.39. The van der Waals surface area contributed by atoms with Crippen molar-refractivity contribution >= 4 is 0 Å². The second kappa shape index (κ2) is 4.74. The highest BCUT2D eigenvalue weighted by atomic mass is 16.5. The van der Waals surface area contributed by atoms with E-state index in [9.17, 15) is 0 Å². The Labute approximate surface area is 105 Å². The predicted octanol–water partition coefficient (Wildman–Crippen LogP) is 2.60. The van der Waals surface area contributed by atoms with E-state index >= 15 is 0 Å². The van der Waals surface area contributed by atoms with Crippen LogP contribution in [-0.2, 0) is 4.74 Å². The first-order valence-electron chi connectivity index (χ1n) is 7.26. The van der Waals surface area contributed by atoms with Crippen LogP contribution in [0.5, 0.6) is 0 Å². The fourth-order valence-electron chi connectivity index (χ4n) is 4.02. The maximum Gasteiger partial charge on any atom is 0.0509 e. The molecule has 2 aliphatic carbocycles. The van der Waals surface area contributed by atoms with Crippen molar-refractivity contribution < 1.29 is 4.74 Å². The van der Waals surface area contributed by atoms with Gasteiger partial charge < -0.3 is 10.1 Å². The lowest BCUT2D eigenvalue weighted by molar-refractivity contribution is 0.173. The first-order chi connectivity index (χ1) is 8.24. The van der Waals surface area contributed by atoms with Gasteiger partial charge in [-0.2, -0.15) is 0 Å². The van der Waals surface area contributed by atoms with Crippen LogP contribution >= 0.6 is 0 Å². The van der Waals surface area contributed by atoms with Gasteiger partial charge in [-0.3, -0.25) is 0 Å². The van der Waals surface area contributed by atoms with E-state index < -0.39 is 0 Å². The molecule has 0 aromatic carbocycles. The molecule has 2 nitrogen and oxygen atoms in total. The fraction of sp³-hybridized carbons (Fsp3) is 0.867. The number of rotatable bonds is 4. The standard InChI is InChI=1S/C15H25NO/c1-10(14-5-6-17-9-14)16-11(2)15-8-12-3-4-13(15)7-12/h3-4,10-16H,5-9H2,1-2H3. The Hall–Kier alpha value is -0.340. The predicted molar refractivity (Wildman–Crippen MR) is 69.8 cm³/mol. The number of ether oxygens (including phenoxy) is 1. The van der Waals surface area contributed by atoms with Crippen LogP contribution in [0.15, 0.2) is 12.2 Å². The molecule has 96 valence electrons. The summed E-state index contributed by atoms with van der Waals surface area (Å²) in [4.78, 5) is 0. The molecular weight excluding hydrogens is 210 g/mol. The van der Waals surface area contributed by atoms with Crippen molar-refractivity contribution in [1.29, 1.82) is 0 Å². The second-order valence-corrected chi connectivity index (χ2v) is 6.31. The Morgan fingerprint density at radius 1 is 1.18 bits per heavy atom. The van der Waals surface area contributed by atoms with E-state index in [1.807, 2.05) is 0 Å². The van der Waals surface area contributed by atoms with Gasteiger partial charge in [-0.05, 0) is 56.8 Å². The van der Waals surface area contributed by atoms with Gasteiger partial charge in [0.2, 0.25) is 0 Å². The SMILES string of the molecule is CC(NC(C)C1CC2C=CC1C2)C1CCOC1. The zero-order valence-electron chi connectivity index (χ0n) is 11.1. The topological polar surface area (TPSA) is 21.3 Å². The van der Waals surface area contributed by atoms with Gasteiger partial charge in [0.1, 0.15) is 0 Å². The van der Waals surface area contributed by atoms with E-state index in [1.54, 1.807) is 0 Å². The number of hydrogen-bond acceptors (Lipinski definition) is 2. The molecule has 6 atom stereocenters. The molecule has 1 saturated heterocycles. The smallest absolute Gasteiger partial charge is 0.0509 e. The number of fused-ring (bicyclic) bond motifs is 2. The average Bonchev–Trinajstić information content (AvgIpc) is 3.05. The Morgan fingerprint density at radius 2 is 2.06 bits per heavy atom. The van der Waals surface area contributed by atoms with Crippen LogP contribution in [0.1, 0.15) is 33.1 Å². The lowest BCUT2D eigenvalue weighted by Gasteiger charge is -2.31. The summed E-state index contributed by atoms with van der Waals surface area (Å²) < 4.78 is 5.48. The lowest BCUT2D eigenvalue weighted by atomic mass is 9.86. The molecule has 0 aromatic heterocycles. The first-order valence-corrected chi connectivity index (χ1v) is 7.26. The minimum Gasteiger partial charge on any atom is -0.381 e. The summed E-state index contributed by atoms with van der Waals surface area (Å²) in [7, 11) is 0. The van der Waals surface area contributed by atoms with Gasteiger partial charge in [0.25, 0.3) is 0 Å². The van der Waals surface area contributed by atoms with E-state index in [2.05, 4.69) is 31.3 Å². The molecule has 1 N–H and O–H groups in total. The second-order valence-electron chi connectivity index (χ2n) is 6.31. The fourth-order valence-corrected chi connectivity index (χ4v) is 4.02. The molecule has 3 aliphatic rings. The van der Waals surface area contributed by atoms with Crippen molar-refractivity contribution in [2.45, 2.75) is 45.2 Å². The van der Waals surface area contributed by atoms with E-state index in [1.165, 1.54) is 19.3 Å². The molecule has 17 heavy (non-hydrogen) atoms. The molecule has 1 saturated carbocycles. The third kappa shape index (κ3) is 2.30. The van der Waals surface area contributed by atoms with E-state index in [0.29, 0.717) is 12.1 Å². The Kier molecular flexibility index (Phi) is 3.27. The van der Waals surface area contributed by atoms with Crippen molar-refractivity contribution in [2.24, 2.45) is 23.7 Å². The molecule has 2 fully saturated rings. The maximum atomic E-state index is 5.48. The number of hydrogen-bond donors (Lipinski definition) is 1. The summed E-state index contributed by atoms with van der Waals surface area (Å²) in [6.45, 7) is 6.63. The van der Waals surface area contributed by atoms with Gasteiger partial charge in [-0.25, -0.2) is 0 Å². The van der Waals surface area contributed by atoms with Crippen molar-refractivity contribution in [1.82, 2.24) is 5.32 Å². The molecule has 0 aromatic rings. The Bertz CT molecular complexity index is 295. The molecule has 2 bridgehead atoms. The normalized spacial score (nSPS) is 43.2. The summed E-state index contributed by atoms with van der Waals surface area (Å²) in [6, 6.07) is 1.26. The zero-order valence-corrected chi connectivity index (χ0v) is 11.1. The summed E-state index contributed by atoms with van der Waals surface area (Å²) in [5, 5.41) is 3.83. The highest BCUT2D eigenvalue weighted by molar-refractivity contribution is 5.11. The summed E-state index contributed by atoms with van der Waals surface area (Å²) in [5.41, 5.74) is 0. The van der Waals surface area contributed by atoms with Gasteiger partial charge in [-0.15, -0.1) is 0 Å². The summed E-state index contributed by atoms with van der Waals surface area (Å²) in [6.07, 6.45) is 8.95. The third-order valence-electron chi connectivity index (χ3n) is 5.17. The van der Waals surface area contributed by atoms with Gasteiger partial charge in [0.05, 0.1) is 6.61 Å². The third-order valence-corrected chi connectivity index (χ3v) is 5.17. The number of allylic oxidation sites excluding steroid dienone is 2. The quantitative estimate of drug-likeness (QED) is 0.756. The van der Waals surface area contributed by atoms with Crippen LogP contribution in [0.25, 0.3) is 0 Å². The maximum absolute atomic E-state index is 5.48. The molecule has 6 unspecified atom stereocenters. The van der Waals surface area contributed by atoms with Crippen molar-refractivity contribution in [3.8, 4) is 0 Å². The van der Waals surface area contributed by atoms with Crippen molar-refractivity contribution in [3.05, 3.63) is 12.2 Å². The van der Waals surface area contributed by atoms with E-state index in [4.69, 9.17) is 4.74 Å². The average molecular weight is 235 g/mol. The monoisotopic (exact) mass is 235 g/mol. The molecule has 3 rings (SSSR count). The van der Waals surface area contributed by atoms with Crippen LogP contribution in [0.4, 0.5) is 0 Å². The van der Waals surface area contributed by atoms with Crippen LogP contribution in [0, 0.1) is 23.7 Å². The largest absolute Gasteiger partial charge is 0.381 e. The lowest BCUT2D eigenvalue weighted by Crippen LogP contribution is -2.44. The minimum absolute atomic E-state index is 0.607. The molecule has 0 radical (unpaired) electrons. The summed E-state index contributed by atoms with van der Waals surface area (Å²) >= 11 is 0. The molecule has 2 heteroatoms. The van der Waals surface area contributed by atoms with Crippen LogP contribution in [0.2, 0.25) is 0 Å². The van der Waals surface area contributed by atoms with Crippen LogP contribution < -0.4 is 5.32 Å². The van der Waals surface area contributed by atoms with Crippen molar-refractivity contribution in [3.63, 3.8) is 0 Å². The Morgan fingerprint density at radius 3 is 2.65 bits per heavy atom. The zero-order chi connectivity index (χ0) is 11.8. The van der Waals surface area contributed by atoms with Gasteiger partial charge in [0, 0.05) is 18.7 Å². The molecule has 0 spiro atoms. The minimum atomic E-state index is 0.607. The van der Waals surface area contributed by atoms with E-state index in [-0.39, 0.29) is 0 Å². The van der Waals surface area contributed by atoms with Gasteiger partial charge in [-0.1, -0.05) is 12.2 Å². The van der Waals surface area contributed by atoms with Gasteiger partial charge >= 0.3 is 0 Å². The highest BCUT2D eigenvalue weighted by Crippen LogP contribution is 2.45. The summed E-state index contributed by atoms with van der Waals surface area (Å²) in [5.74, 6) is 3.34. The van der Waals surface area contributed by atoms with Crippen LogP contribution in [0.3, 0.4) is 0 Å². The number of nitrogens with one attached hydrogen (secondary N) is 1. The van der Waals surface area contributed by atoms with Gasteiger partial charge in [0.15, 0.2) is 0 Å². The molecule has 0 amide bonds. The van der Waals surface area contributed by atoms with Crippen LogP contribution in [-0.4, -0.2) is 25.3 Å². The Balaban J connectivity index is 1.52. The molecular formula is C15H25NO.